The maximum Gasteiger partial charge on any atom is 0.129 e. The first-order chi connectivity index (χ1) is 17.5. The summed E-state index contributed by atoms with van der Waals surface area (Å²) in [5.74, 6) is 3.66. The number of halogens is 1. The van der Waals surface area contributed by atoms with Crippen molar-refractivity contribution >= 4 is 49.9 Å². The molecule has 0 aliphatic carbocycles. The van der Waals surface area contributed by atoms with Crippen molar-refractivity contribution in [3.8, 4) is 11.5 Å². The van der Waals surface area contributed by atoms with Crippen LogP contribution < -0.4 is 4.74 Å². The highest BCUT2D eigenvalue weighted by Gasteiger charge is 1.89. The maximum atomic E-state index is 9.91. The smallest absolute Gasteiger partial charge is 0.129 e. The highest BCUT2D eigenvalue weighted by Crippen LogP contribution is 2.21. The minimum Gasteiger partial charge on any atom is -0.507 e. The molecule has 2 rings (SSSR count). The number of unbranched alkanes of at least 4 members (excludes halogenated alkanes) is 4. The van der Waals surface area contributed by atoms with Gasteiger partial charge in [0.15, 0.2) is 0 Å². The molecule has 0 unspecified atom stereocenters. The fraction of sp³-hybridized carbons (Fsp3) is 0.433. The summed E-state index contributed by atoms with van der Waals surface area (Å²) in [5, 5.41) is 8.87. The number of hydrogen-bond donors (Lipinski definition) is 1. The third-order valence-corrected chi connectivity index (χ3v) is 7.46. The van der Waals surface area contributed by atoms with Crippen LogP contribution in [0.2, 0.25) is 0 Å². The molecule has 6 heteroatoms. The van der Waals surface area contributed by atoms with Crippen LogP contribution in [0.5, 0.6) is 11.5 Å². The Kier molecular flexibility index (Phi) is 30.0. The van der Waals surface area contributed by atoms with Crippen molar-refractivity contribution in [3.05, 3.63) is 76.8 Å². The van der Waals surface area contributed by atoms with Crippen molar-refractivity contribution in [1.82, 2.24) is 0 Å². The monoisotopic (exact) mass is 596 g/mol. The van der Waals surface area contributed by atoms with E-state index in [-0.39, 0.29) is 5.75 Å². The number of aromatic hydroxyl groups is 1. The van der Waals surface area contributed by atoms with Crippen LogP contribution in [0, 0.1) is 0 Å². The van der Waals surface area contributed by atoms with E-state index >= 15 is 0 Å². The van der Waals surface area contributed by atoms with Crippen molar-refractivity contribution in [2.24, 2.45) is 0 Å². The van der Waals surface area contributed by atoms with Gasteiger partial charge in [-0.15, -0.1) is 0 Å². The fourth-order valence-corrected chi connectivity index (χ4v) is 4.06. The molecule has 1 N–H and O–H groups in total. The summed E-state index contributed by atoms with van der Waals surface area (Å²) in [4.78, 5) is 9.91. The molecule has 0 saturated heterocycles. The Hall–Kier alpha value is -1.63. The number of carbonyl (C=O) groups is 1. The SMILES string of the molecule is CC=Cc1ccc(OC)cc1.CCCCC/C=C\CCC=O.CCSSCC.Oc1ccccc1Br. The lowest BCUT2D eigenvalue weighted by molar-refractivity contribution is -0.107. The largest absolute Gasteiger partial charge is 0.507 e. The van der Waals surface area contributed by atoms with Gasteiger partial charge in [0, 0.05) is 17.9 Å². The van der Waals surface area contributed by atoms with E-state index in [4.69, 9.17) is 9.84 Å². The molecular formula is C30H45BrO3S2. The lowest BCUT2D eigenvalue weighted by Gasteiger charge is -1.98. The van der Waals surface area contributed by atoms with E-state index in [9.17, 15) is 4.79 Å². The average Bonchev–Trinajstić information content (AvgIpc) is 2.90. The molecule has 0 spiro atoms. The highest BCUT2D eigenvalue weighted by molar-refractivity contribution is 9.10. The third kappa shape index (κ3) is 25.5. The zero-order valence-electron chi connectivity index (χ0n) is 22.6. The zero-order valence-corrected chi connectivity index (χ0v) is 25.8. The second-order valence-corrected chi connectivity index (χ2v) is 11.1. The van der Waals surface area contributed by atoms with E-state index in [1.54, 1.807) is 25.3 Å². The number of phenolic OH excluding ortho intramolecular Hbond substituents is 1. The molecule has 0 aromatic heterocycles. The lowest BCUT2D eigenvalue weighted by Crippen LogP contribution is -1.80. The molecule has 0 atom stereocenters. The Morgan fingerprint density at radius 2 is 1.50 bits per heavy atom. The first-order valence-corrected chi connectivity index (χ1v) is 15.8. The van der Waals surface area contributed by atoms with Crippen LogP contribution in [0.4, 0.5) is 0 Å². The van der Waals surface area contributed by atoms with Gasteiger partial charge in [-0.3, -0.25) is 0 Å². The number of benzene rings is 2. The molecule has 0 radical (unpaired) electrons. The zero-order chi connectivity index (χ0) is 27.3. The number of phenols is 1. The van der Waals surface area contributed by atoms with Crippen molar-refractivity contribution < 1.29 is 14.6 Å². The minimum absolute atomic E-state index is 0.285. The van der Waals surface area contributed by atoms with E-state index in [0.29, 0.717) is 6.42 Å². The molecule has 36 heavy (non-hydrogen) atoms. The maximum absolute atomic E-state index is 9.91. The molecule has 2 aromatic carbocycles. The van der Waals surface area contributed by atoms with Crippen LogP contribution in [0.1, 0.15) is 71.8 Å². The van der Waals surface area contributed by atoms with E-state index in [2.05, 4.69) is 54.9 Å². The van der Waals surface area contributed by atoms with Gasteiger partial charge in [-0.1, -0.05) is 104 Å². The molecule has 0 bridgehead atoms. The van der Waals surface area contributed by atoms with Crippen LogP contribution in [-0.4, -0.2) is 30.0 Å². The molecule has 0 amide bonds. The van der Waals surface area contributed by atoms with E-state index in [1.165, 1.54) is 42.8 Å². The fourth-order valence-electron chi connectivity index (χ4n) is 2.44. The van der Waals surface area contributed by atoms with E-state index < -0.39 is 0 Å². The number of hydrogen-bond acceptors (Lipinski definition) is 5. The van der Waals surface area contributed by atoms with Gasteiger partial charge in [-0.05, 0) is 71.9 Å². The van der Waals surface area contributed by atoms with E-state index in [0.717, 1.165) is 22.9 Å². The second-order valence-electron chi connectivity index (χ2n) is 7.25. The normalized spacial score (nSPS) is 9.94. The molecule has 0 saturated carbocycles. The first kappa shape index (κ1) is 36.5. The summed E-state index contributed by atoms with van der Waals surface area (Å²) in [6.07, 6.45) is 16.0. The van der Waals surface area contributed by atoms with Gasteiger partial charge in [0.2, 0.25) is 0 Å². The van der Waals surface area contributed by atoms with Crippen molar-refractivity contribution in [2.45, 2.75) is 66.2 Å². The predicted octanol–water partition coefficient (Wildman–Crippen LogP) is 10.4. The van der Waals surface area contributed by atoms with Crippen LogP contribution in [-0.2, 0) is 4.79 Å². The molecule has 0 heterocycles. The highest BCUT2D eigenvalue weighted by atomic mass is 79.9. The van der Waals surface area contributed by atoms with Gasteiger partial charge in [0.1, 0.15) is 17.8 Å². The van der Waals surface area contributed by atoms with Crippen LogP contribution in [0.15, 0.2) is 71.2 Å². The third-order valence-electron chi connectivity index (χ3n) is 4.24. The number of aldehydes is 1. The van der Waals surface area contributed by atoms with Gasteiger partial charge in [0.25, 0.3) is 0 Å². The standard InChI is InChI=1S/C10H12O.C10H18O.C6H5BrO.C4H10S2/c1-3-4-9-5-7-10(11-2)8-6-9;1-2-3-4-5-6-7-8-9-10-11;7-5-3-1-2-4-6(5)8;1-3-5-6-4-2/h3-8H,1-2H3;6-7,10H,2-5,8-9H2,1H3;1-4,8H;3-4H2,1-2H3/b;7-6-;;. The van der Waals surface area contributed by atoms with Crippen LogP contribution >= 0.6 is 37.5 Å². The molecular weight excluding hydrogens is 552 g/mol. The van der Waals surface area contributed by atoms with Crippen LogP contribution in [0.3, 0.4) is 0 Å². The summed E-state index contributed by atoms with van der Waals surface area (Å²) >= 11 is 3.15. The molecule has 0 aliphatic rings. The average molecular weight is 598 g/mol. The Bertz CT molecular complexity index is 768. The summed E-state index contributed by atoms with van der Waals surface area (Å²) in [7, 11) is 5.52. The quantitative estimate of drug-likeness (QED) is 0.114. The molecule has 3 nitrogen and oxygen atoms in total. The Morgan fingerprint density at radius 3 is 1.94 bits per heavy atom. The number of rotatable bonds is 12. The van der Waals surface area contributed by atoms with Gasteiger partial charge >= 0.3 is 0 Å². The molecule has 202 valence electrons. The number of carbonyl (C=O) groups excluding carboxylic acids is 1. The van der Waals surface area contributed by atoms with Crippen molar-refractivity contribution in [1.29, 1.82) is 0 Å². The first-order valence-electron chi connectivity index (χ1n) is 12.5. The Morgan fingerprint density at radius 1 is 0.889 bits per heavy atom. The van der Waals surface area contributed by atoms with Crippen molar-refractivity contribution in [2.75, 3.05) is 18.6 Å². The lowest BCUT2D eigenvalue weighted by atomic mass is 10.2. The Labute approximate surface area is 236 Å². The van der Waals surface area contributed by atoms with Crippen LogP contribution in [0.25, 0.3) is 6.08 Å². The minimum atomic E-state index is 0.285. The second kappa shape index (κ2) is 29.6. The topological polar surface area (TPSA) is 46.5 Å². The van der Waals surface area contributed by atoms with Crippen molar-refractivity contribution in [3.63, 3.8) is 0 Å². The number of ether oxygens (including phenoxy) is 1. The van der Waals surface area contributed by atoms with Gasteiger partial charge in [-0.25, -0.2) is 0 Å². The summed E-state index contributed by atoms with van der Waals surface area (Å²) in [6.45, 7) is 8.56. The number of methoxy groups -OCH3 is 1. The summed E-state index contributed by atoms with van der Waals surface area (Å²) < 4.78 is 5.76. The molecule has 0 fully saturated rings. The molecule has 0 aliphatic heterocycles. The number of allylic oxidation sites excluding steroid dienone is 3. The van der Waals surface area contributed by atoms with Gasteiger partial charge < -0.3 is 14.6 Å². The van der Waals surface area contributed by atoms with Gasteiger partial charge in [-0.2, -0.15) is 0 Å². The molecule has 2 aromatic rings. The van der Waals surface area contributed by atoms with E-state index in [1.807, 2.05) is 64.9 Å². The summed E-state index contributed by atoms with van der Waals surface area (Å²) in [5.41, 5.74) is 1.20. The Balaban J connectivity index is 0. The van der Waals surface area contributed by atoms with Gasteiger partial charge in [0.05, 0.1) is 11.6 Å². The number of para-hydroxylation sites is 1. The summed E-state index contributed by atoms with van der Waals surface area (Å²) in [6, 6.07) is 15.0. The predicted molar refractivity (Wildman–Crippen MR) is 168 cm³/mol.